The van der Waals surface area contributed by atoms with Gasteiger partial charge in [0.2, 0.25) is 0 Å². The summed E-state index contributed by atoms with van der Waals surface area (Å²) in [5.41, 5.74) is 2.65. The first kappa shape index (κ1) is 14.5. The van der Waals surface area contributed by atoms with Crippen LogP contribution in [0.5, 0.6) is 5.75 Å². The lowest BCUT2D eigenvalue weighted by molar-refractivity contribution is 0.201. The second-order valence-electron chi connectivity index (χ2n) is 5.80. The van der Waals surface area contributed by atoms with Gasteiger partial charge in [-0.15, -0.1) is 11.6 Å². The van der Waals surface area contributed by atoms with Crippen LogP contribution < -0.4 is 4.74 Å². The Labute approximate surface area is 171 Å². The molecule has 27 heavy (non-hydrogen) atoms. The maximum atomic E-state index is 8.96. The molecule has 3 rings (SSSR count). The van der Waals surface area contributed by atoms with Crippen LogP contribution in [0.1, 0.15) is 28.5 Å². The largest absolute Gasteiger partial charge is 0.491 e. The van der Waals surface area contributed by atoms with E-state index in [0.29, 0.717) is 22.4 Å². The van der Waals surface area contributed by atoms with E-state index in [-0.39, 0.29) is 18.8 Å². The van der Waals surface area contributed by atoms with Gasteiger partial charge in [0.15, 0.2) is 0 Å². The average Bonchev–Trinajstić information content (AvgIpc) is 2.76. The number of allylic oxidation sites excluding steroid dienone is 1. The van der Waals surface area contributed by atoms with E-state index in [1.807, 2.05) is 36.4 Å². The fourth-order valence-corrected chi connectivity index (χ4v) is 2.97. The number of benzene rings is 3. The third kappa shape index (κ3) is 5.00. The maximum absolute atomic E-state index is 8.96. The molecule has 0 unspecified atom stereocenters. The summed E-state index contributed by atoms with van der Waals surface area (Å²) in [5, 5.41) is 8.96. The summed E-state index contributed by atoms with van der Waals surface area (Å²) in [6, 6.07) is 25.2. The van der Waals surface area contributed by atoms with Crippen molar-refractivity contribution in [3.8, 4) is 5.75 Å². The molecule has 0 saturated carbocycles. The molecule has 0 amide bonds. The zero-order valence-corrected chi connectivity index (χ0v) is 15.5. The smallest absolute Gasteiger partial charge is 0.119 e. The highest BCUT2D eigenvalue weighted by molar-refractivity contribution is 6.18. The third-order valence-electron chi connectivity index (χ3n) is 4.05. The average molecular weight is 385 g/mol. The minimum absolute atomic E-state index is 0.0971. The second-order valence-corrected chi connectivity index (χ2v) is 5.99. The molecule has 2 nitrogen and oxygen atoms in total. The zero-order chi connectivity index (χ0) is 22.5. The van der Waals surface area contributed by atoms with Gasteiger partial charge in [-0.3, -0.25) is 0 Å². The molecule has 1 N–H and O–H groups in total. The van der Waals surface area contributed by atoms with Crippen molar-refractivity contribution in [2.45, 2.75) is 6.37 Å². The zero-order valence-electron chi connectivity index (χ0n) is 18.7. The van der Waals surface area contributed by atoms with E-state index in [1.54, 1.807) is 48.5 Å². The van der Waals surface area contributed by atoms with Crippen molar-refractivity contribution in [1.29, 1.82) is 0 Å². The molecule has 0 atom stereocenters. The molecule has 0 heterocycles. The Morgan fingerprint density at radius 1 is 0.815 bits per heavy atom. The van der Waals surface area contributed by atoms with Gasteiger partial charge in [-0.2, -0.15) is 0 Å². The fraction of sp³-hybridized carbons (Fsp3) is 0.167. The van der Waals surface area contributed by atoms with E-state index < -0.39 is 12.2 Å². The van der Waals surface area contributed by atoms with Crippen LogP contribution >= 0.6 is 11.6 Å². The molecule has 3 heteroatoms. The van der Waals surface area contributed by atoms with Crippen molar-refractivity contribution in [2.24, 2.45) is 0 Å². The number of aliphatic hydroxyl groups excluding tert-OH is 1. The van der Waals surface area contributed by atoms with E-state index in [9.17, 15) is 0 Å². The molecule has 0 bridgehead atoms. The number of rotatable bonds is 8. The van der Waals surface area contributed by atoms with Gasteiger partial charge >= 0.3 is 0 Å². The highest BCUT2D eigenvalue weighted by Crippen LogP contribution is 2.35. The lowest BCUT2D eigenvalue weighted by Gasteiger charge is -2.17. The first-order chi connectivity index (χ1) is 14.8. The topological polar surface area (TPSA) is 29.5 Å². The van der Waals surface area contributed by atoms with Gasteiger partial charge < -0.3 is 9.84 Å². The predicted octanol–water partition coefficient (Wildman–Crippen LogP) is 5.65. The van der Waals surface area contributed by atoms with Crippen molar-refractivity contribution in [2.75, 3.05) is 19.0 Å². The molecule has 0 aliphatic carbocycles. The molecular weight excluding hydrogens is 358 g/mol. The molecule has 0 radical (unpaired) electrons. The Bertz CT molecular complexity index is 1010. The number of halogens is 1. The van der Waals surface area contributed by atoms with Crippen LogP contribution in [0.2, 0.25) is 0 Å². The molecule has 0 spiro atoms. The minimum Gasteiger partial charge on any atom is -0.491 e. The molecule has 0 aliphatic rings. The summed E-state index contributed by atoms with van der Waals surface area (Å²) in [7, 11) is 0. The Hall–Kier alpha value is -2.55. The Kier molecular flexibility index (Phi) is 5.35. The summed E-state index contributed by atoms with van der Waals surface area (Å²) < 4.78 is 38.9. The SMILES string of the molecule is [2H][13C]([2H])(Cl)[13C]([2H])([2H])/C(=C(\c1ccccc1)c1ccc(OCCO)cc1)c1ccccc1. The van der Waals surface area contributed by atoms with E-state index in [4.69, 9.17) is 26.9 Å². The maximum Gasteiger partial charge on any atom is 0.119 e. The number of alkyl halides is 1. The normalized spacial score (nSPS) is 15.0. The van der Waals surface area contributed by atoms with Crippen LogP contribution in [0.25, 0.3) is 11.1 Å². The quantitative estimate of drug-likeness (QED) is 0.309. The number of ether oxygens (including phenoxy) is 1. The molecule has 0 saturated heterocycles. The van der Waals surface area contributed by atoms with Gasteiger partial charge in [-0.25, -0.2) is 0 Å². The summed E-state index contributed by atoms with van der Waals surface area (Å²) in [5.74, 6) is -2.08. The molecule has 0 aliphatic heterocycles. The van der Waals surface area contributed by atoms with Crippen LogP contribution in [-0.2, 0) is 0 Å². The van der Waals surface area contributed by atoms with Crippen molar-refractivity contribution in [3.05, 3.63) is 102 Å². The monoisotopic (exact) mass is 384 g/mol. The van der Waals surface area contributed by atoms with Crippen LogP contribution in [0.4, 0.5) is 0 Å². The first-order valence-electron chi connectivity index (χ1n) is 10.6. The first-order valence-corrected chi connectivity index (χ1v) is 9.02. The predicted molar refractivity (Wildman–Crippen MR) is 113 cm³/mol. The highest BCUT2D eigenvalue weighted by Gasteiger charge is 2.14. The lowest BCUT2D eigenvalue weighted by Crippen LogP contribution is -2.01. The fourth-order valence-electron chi connectivity index (χ4n) is 2.87. The molecule has 138 valence electrons. The summed E-state index contributed by atoms with van der Waals surface area (Å²) in [6.45, 7) is 0.0745. The van der Waals surface area contributed by atoms with E-state index >= 15 is 0 Å². The molecule has 0 fully saturated rings. The van der Waals surface area contributed by atoms with Gasteiger partial charge in [-0.1, -0.05) is 72.8 Å². The van der Waals surface area contributed by atoms with Gasteiger partial charge in [0.1, 0.15) is 12.4 Å². The summed E-state index contributed by atoms with van der Waals surface area (Å²) >= 11 is 5.95. The Morgan fingerprint density at radius 3 is 1.93 bits per heavy atom. The van der Waals surface area contributed by atoms with Gasteiger partial charge in [0.05, 0.1) is 6.61 Å². The van der Waals surface area contributed by atoms with Crippen LogP contribution in [0.15, 0.2) is 84.9 Å². The van der Waals surface area contributed by atoms with E-state index in [0.717, 1.165) is 5.56 Å². The second kappa shape index (κ2) is 9.96. The van der Waals surface area contributed by atoms with E-state index in [1.165, 1.54) is 0 Å². The number of aliphatic hydroxyl groups is 1. The van der Waals surface area contributed by atoms with Crippen LogP contribution in [0.3, 0.4) is 0 Å². The van der Waals surface area contributed by atoms with Crippen molar-refractivity contribution >= 4 is 22.7 Å². The molecule has 3 aromatic rings. The van der Waals surface area contributed by atoms with Crippen molar-refractivity contribution in [1.82, 2.24) is 0 Å². The standard InChI is InChI=1S/C24H23ClO2/c25-16-15-23(19-7-3-1-4-8-19)24(20-9-5-2-6-10-20)21-11-13-22(14-12-21)27-18-17-26/h1-14,26H,15-18H2/b24-23-/i15+1D2,16+1D2. The third-order valence-corrected chi connectivity index (χ3v) is 4.14. The van der Waals surface area contributed by atoms with Crippen molar-refractivity contribution < 1.29 is 15.3 Å². The van der Waals surface area contributed by atoms with Crippen LogP contribution in [0, 0.1) is 0 Å². The molecular formula is C24H23ClO2. The van der Waals surface area contributed by atoms with Crippen molar-refractivity contribution in [3.63, 3.8) is 0 Å². The summed E-state index contributed by atoms with van der Waals surface area (Å²) in [6.07, 6.45) is -2.51. The number of hydrogen-bond donors (Lipinski definition) is 1. The minimum atomic E-state index is -2.65. The van der Waals surface area contributed by atoms with Gasteiger partial charge in [0, 0.05) is 11.3 Å². The van der Waals surface area contributed by atoms with Gasteiger partial charge in [-0.05, 0) is 46.3 Å². The van der Waals surface area contributed by atoms with Crippen LogP contribution in [-0.4, -0.2) is 24.2 Å². The highest BCUT2D eigenvalue weighted by atomic mass is 35.5. The number of hydrogen-bond acceptors (Lipinski definition) is 2. The lowest BCUT2D eigenvalue weighted by atomic mass is 9.92. The molecule has 3 aromatic carbocycles. The van der Waals surface area contributed by atoms with Gasteiger partial charge in [0.25, 0.3) is 0 Å². The Morgan fingerprint density at radius 2 is 1.37 bits per heavy atom. The Balaban J connectivity index is 2.32. The van der Waals surface area contributed by atoms with E-state index in [2.05, 4.69) is 0 Å². The summed E-state index contributed by atoms with van der Waals surface area (Å²) in [4.78, 5) is 0. The molecule has 0 aromatic heterocycles.